The van der Waals surface area contributed by atoms with Crippen LogP contribution in [0.4, 0.5) is 0 Å². The van der Waals surface area contributed by atoms with Gasteiger partial charge in [0.05, 0.1) is 29.2 Å². The molecule has 8 heteroatoms. The van der Waals surface area contributed by atoms with Gasteiger partial charge in [-0.25, -0.2) is 13.8 Å². The maximum Gasteiger partial charge on any atom is 0.271 e. The van der Waals surface area contributed by atoms with Crippen molar-refractivity contribution in [2.24, 2.45) is 5.10 Å². The van der Waals surface area contributed by atoms with Gasteiger partial charge >= 0.3 is 0 Å². The van der Waals surface area contributed by atoms with Crippen molar-refractivity contribution in [2.45, 2.75) is 30.6 Å². The van der Waals surface area contributed by atoms with Crippen molar-refractivity contribution in [3.63, 3.8) is 0 Å². The van der Waals surface area contributed by atoms with E-state index in [9.17, 15) is 13.2 Å². The number of benzene rings is 3. The maximum atomic E-state index is 12.8. The predicted octanol–water partition coefficient (Wildman–Crippen LogP) is 4.39. The summed E-state index contributed by atoms with van der Waals surface area (Å²) in [5.74, 6) is 0.810. The fourth-order valence-electron chi connectivity index (χ4n) is 3.02. The highest BCUT2D eigenvalue weighted by Crippen LogP contribution is 2.24. The molecule has 7 nitrogen and oxygen atoms in total. The van der Waals surface area contributed by atoms with Crippen LogP contribution in [0, 0.1) is 6.92 Å². The van der Waals surface area contributed by atoms with E-state index in [1.807, 2.05) is 20.8 Å². The van der Waals surface area contributed by atoms with Gasteiger partial charge in [-0.05, 0) is 69.3 Å². The maximum absolute atomic E-state index is 12.8. The van der Waals surface area contributed by atoms with E-state index in [1.54, 1.807) is 42.5 Å². The molecule has 3 aromatic rings. The Morgan fingerprint density at radius 2 is 1.52 bits per heavy atom. The zero-order valence-corrected chi connectivity index (χ0v) is 19.6. The van der Waals surface area contributed by atoms with Crippen LogP contribution in [0.2, 0.25) is 0 Å². The molecule has 0 aliphatic heterocycles. The number of nitrogens with zero attached hydrogens (tertiary/aromatic N) is 1. The molecule has 0 saturated carbocycles. The molecule has 0 fully saturated rings. The minimum absolute atomic E-state index is 0.113. The molecule has 3 aromatic carbocycles. The first kappa shape index (κ1) is 24.0. The average molecular weight is 467 g/mol. The Kier molecular flexibility index (Phi) is 7.84. The van der Waals surface area contributed by atoms with Crippen LogP contribution in [0.25, 0.3) is 0 Å². The minimum atomic E-state index is -3.65. The zero-order valence-electron chi connectivity index (χ0n) is 18.7. The van der Waals surface area contributed by atoms with Crippen molar-refractivity contribution in [1.29, 1.82) is 0 Å². The second-order valence-electron chi connectivity index (χ2n) is 7.11. The first-order valence-electron chi connectivity index (χ1n) is 10.5. The highest BCUT2D eigenvalue weighted by molar-refractivity contribution is 7.91. The number of carbonyl (C=O) groups is 1. The Hall–Kier alpha value is -3.65. The third-order valence-corrected chi connectivity index (χ3v) is 6.51. The summed E-state index contributed by atoms with van der Waals surface area (Å²) in [6, 6.07) is 17.7. The number of carbonyl (C=O) groups excluding carboxylic acids is 1. The van der Waals surface area contributed by atoms with Gasteiger partial charge in [-0.2, -0.15) is 5.10 Å². The summed E-state index contributed by atoms with van der Waals surface area (Å²) in [6.45, 7) is 6.68. The van der Waals surface area contributed by atoms with Gasteiger partial charge in [-0.3, -0.25) is 4.79 Å². The number of rotatable bonds is 9. The van der Waals surface area contributed by atoms with E-state index in [0.29, 0.717) is 30.3 Å². The van der Waals surface area contributed by atoms with Crippen molar-refractivity contribution < 1.29 is 22.7 Å². The minimum Gasteiger partial charge on any atom is -0.494 e. The summed E-state index contributed by atoms with van der Waals surface area (Å²) in [7, 11) is -3.65. The van der Waals surface area contributed by atoms with Gasteiger partial charge in [-0.15, -0.1) is 0 Å². The molecule has 0 bridgehead atoms. The molecule has 1 N–H and O–H groups in total. The largest absolute Gasteiger partial charge is 0.494 e. The lowest BCUT2D eigenvalue weighted by molar-refractivity contribution is 0.0955. The number of hydrogen-bond acceptors (Lipinski definition) is 6. The van der Waals surface area contributed by atoms with Crippen LogP contribution >= 0.6 is 0 Å². The molecule has 0 atom stereocenters. The van der Waals surface area contributed by atoms with Crippen LogP contribution in [0.1, 0.15) is 35.3 Å². The van der Waals surface area contributed by atoms with Gasteiger partial charge in [0.2, 0.25) is 9.84 Å². The van der Waals surface area contributed by atoms with Crippen LogP contribution in [0.15, 0.2) is 81.6 Å². The molecule has 0 radical (unpaired) electrons. The highest BCUT2D eigenvalue weighted by Gasteiger charge is 2.18. The monoisotopic (exact) mass is 466 g/mol. The quantitative estimate of drug-likeness (QED) is 0.373. The van der Waals surface area contributed by atoms with Gasteiger partial charge in [0, 0.05) is 17.2 Å². The van der Waals surface area contributed by atoms with E-state index in [1.165, 1.54) is 30.5 Å². The highest BCUT2D eigenvalue weighted by atomic mass is 32.2. The first-order valence-corrected chi connectivity index (χ1v) is 12.0. The molecule has 0 aliphatic rings. The van der Waals surface area contributed by atoms with Crippen LogP contribution in [-0.4, -0.2) is 33.8 Å². The molecule has 0 aromatic heterocycles. The molecule has 0 saturated heterocycles. The smallest absolute Gasteiger partial charge is 0.271 e. The fourth-order valence-corrected chi connectivity index (χ4v) is 4.28. The number of amides is 1. The Bertz CT molecular complexity index is 1230. The molecule has 1 amide bonds. The zero-order chi connectivity index (χ0) is 23.8. The summed E-state index contributed by atoms with van der Waals surface area (Å²) in [6.07, 6.45) is 1.48. The van der Waals surface area contributed by atoms with Crippen LogP contribution in [0.5, 0.6) is 11.5 Å². The normalized spacial score (nSPS) is 11.4. The standard InChI is InChI=1S/C25H26N2O5S/c1-4-31-21-11-8-20(24(16-21)32-5-2)17-26-27-25(28)19-9-14-23(15-10-19)33(29,30)22-12-6-18(3)7-13-22/h6-17H,4-5H2,1-3H3,(H,27,28)/b26-17-. The van der Waals surface area contributed by atoms with Crippen molar-refractivity contribution in [3.05, 3.63) is 83.4 Å². The molecule has 0 aliphatic carbocycles. The fraction of sp³-hybridized carbons (Fsp3) is 0.200. The molecule has 0 unspecified atom stereocenters. The second kappa shape index (κ2) is 10.8. The van der Waals surface area contributed by atoms with Gasteiger partial charge < -0.3 is 9.47 Å². The van der Waals surface area contributed by atoms with Gasteiger partial charge in [0.25, 0.3) is 5.91 Å². The number of nitrogens with one attached hydrogen (secondary N) is 1. The Morgan fingerprint density at radius 1 is 0.909 bits per heavy atom. The lowest BCUT2D eigenvalue weighted by Gasteiger charge is -2.10. The van der Waals surface area contributed by atoms with E-state index in [0.717, 1.165) is 5.56 Å². The molecular weight excluding hydrogens is 440 g/mol. The number of hydrazone groups is 1. The predicted molar refractivity (Wildman–Crippen MR) is 127 cm³/mol. The Morgan fingerprint density at radius 3 is 2.12 bits per heavy atom. The molecule has 0 spiro atoms. The third kappa shape index (κ3) is 5.98. The summed E-state index contributed by atoms with van der Waals surface area (Å²) in [5, 5.41) is 4.00. The topological polar surface area (TPSA) is 94.1 Å². The summed E-state index contributed by atoms with van der Waals surface area (Å²) in [4.78, 5) is 12.7. The van der Waals surface area contributed by atoms with E-state index >= 15 is 0 Å². The van der Waals surface area contributed by atoms with Crippen LogP contribution in [-0.2, 0) is 9.84 Å². The number of aryl methyl sites for hydroxylation is 1. The van der Waals surface area contributed by atoms with Crippen LogP contribution < -0.4 is 14.9 Å². The van der Waals surface area contributed by atoms with E-state index in [2.05, 4.69) is 10.5 Å². The lowest BCUT2D eigenvalue weighted by atomic mass is 10.2. The number of hydrogen-bond donors (Lipinski definition) is 1. The van der Waals surface area contributed by atoms with Crippen LogP contribution in [0.3, 0.4) is 0 Å². The van der Waals surface area contributed by atoms with Gasteiger partial charge in [0.1, 0.15) is 11.5 Å². The van der Waals surface area contributed by atoms with Gasteiger partial charge in [0.15, 0.2) is 0 Å². The third-order valence-electron chi connectivity index (χ3n) is 4.72. The molecule has 33 heavy (non-hydrogen) atoms. The summed E-state index contributed by atoms with van der Waals surface area (Å²) < 4.78 is 36.6. The number of ether oxygens (including phenoxy) is 2. The summed E-state index contributed by atoms with van der Waals surface area (Å²) in [5.41, 5.74) is 4.38. The first-order chi connectivity index (χ1) is 15.8. The SMILES string of the molecule is CCOc1ccc(/C=N\NC(=O)c2ccc(S(=O)(=O)c3ccc(C)cc3)cc2)c(OCC)c1. The van der Waals surface area contributed by atoms with E-state index in [4.69, 9.17) is 9.47 Å². The van der Waals surface area contributed by atoms with Crippen molar-refractivity contribution in [2.75, 3.05) is 13.2 Å². The number of sulfone groups is 1. The Labute approximate surface area is 194 Å². The van der Waals surface area contributed by atoms with E-state index < -0.39 is 15.7 Å². The Balaban J connectivity index is 1.70. The van der Waals surface area contributed by atoms with Crippen molar-refractivity contribution >= 4 is 22.0 Å². The van der Waals surface area contributed by atoms with Crippen molar-refractivity contribution in [1.82, 2.24) is 5.43 Å². The molecule has 3 rings (SSSR count). The lowest BCUT2D eigenvalue weighted by Crippen LogP contribution is -2.17. The molecular formula is C25H26N2O5S. The van der Waals surface area contributed by atoms with E-state index in [-0.39, 0.29) is 15.4 Å². The van der Waals surface area contributed by atoms with Gasteiger partial charge in [-0.1, -0.05) is 17.7 Å². The average Bonchev–Trinajstić information content (AvgIpc) is 2.81. The molecule has 172 valence electrons. The second-order valence-corrected chi connectivity index (χ2v) is 9.06. The van der Waals surface area contributed by atoms with Crippen molar-refractivity contribution in [3.8, 4) is 11.5 Å². The molecule has 0 heterocycles. The summed E-state index contributed by atoms with van der Waals surface area (Å²) >= 11 is 0.